The van der Waals surface area contributed by atoms with E-state index in [0.717, 1.165) is 41.9 Å². The monoisotopic (exact) mass is 376 g/mol. The molecule has 1 aromatic heterocycles. The van der Waals surface area contributed by atoms with Crippen LogP contribution in [0.2, 0.25) is 0 Å². The summed E-state index contributed by atoms with van der Waals surface area (Å²) < 4.78 is 5.95. The lowest BCUT2D eigenvalue weighted by atomic mass is 9.93. The van der Waals surface area contributed by atoms with Gasteiger partial charge in [-0.1, -0.05) is 30.3 Å². The molecule has 0 unspecified atom stereocenters. The number of aliphatic hydroxyl groups is 1. The number of aliphatic hydroxyl groups excluding tert-OH is 1. The number of nitriles is 1. The maximum Gasteiger partial charge on any atom is 0.221 e. The van der Waals surface area contributed by atoms with Crippen LogP contribution < -0.4 is 4.90 Å². The van der Waals surface area contributed by atoms with E-state index < -0.39 is 0 Å². The van der Waals surface area contributed by atoms with Crippen LogP contribution in [0.3, 0.4) is 0 Å². The maximum atomic E-state index is 9.83. The summed E-state index contributed by atoms with van der Waals surface area (Å²) in [7, 11) is 4.20. The molecule has 0 saturated carbocycles. The van der Waals surface area contributed by atoms with Gasteiger partial charge in [-0.15, -0.1) is 0 Å². The number of oxazole rings is 1. The molecule has 144 valence electrons. The first-order valence-corrected chi connectivity index (χ1v) is 9.48. The molecular weight excluding hydrogens is 352 g/mol. The highest BCUT2D eigenvalue weighted by Crippen LogP contribution is 2.44. The molecule has 2 heterocycles. The molecule has 1 N–H and O–H groups in total. The van der Waals surface area contributed by atoms with Gasteiger partial charge in [0, 0.05) is 24.7 Å². The molecule has 0 aliphatic carbocycles. The zero-order chi connectivity index (χ0) is 19.8. The van der Waals surface area contributed by atoms with Crippen molar-refractivity contribution >= 4 is 16.8 Å². The van der Waals surface area contributed by atoms with E-state index in [-0.39, 0.29) is 12.5 Å². The van der Waals surface area contributed by atoms with Gasteiger partial charge in [0.15, 0.2) is 5.58 Å². The summed E-state index contributed by atoms with van der Waals surface area (Å²) >= 11 is 0. The molecule has 0 amide bonds. The highest BCUT2D eigenvalue weighted by molar-refractivity contribution is 6.02. The maximum absolute atomic E-state index is 9.83. The fraction of sp³-hybridized carbons (Fsp3) is 0.364. The van der Waals surface area contributed by atoms with E-state index in [1.165, 1.54) is 0 Å². The Morgan fingerprint density at radius 1 is 1.32 bits per heavy atom. The van der Waals surface area contributed by atoms with Crippen molar-refractivity contribution in [2.24, 2.45) is 0 Å². The second kappa shape index (κ2) is 7.27. The minimum absolute atomic E-state index is 0.237. The summed E-state index contributed by atoms with van der Waals surface area (Å²) in [6.45, 7) is 3.45. The largest absolute Gasteiger partial charge is 0.436 e. The van der Waals surface area contributed by atoms with Crippen molar-refractivity contribution in [2.75, 3.05) is 32.1 Å². The number of hydrogen-bond acceptors (Lipinski definition) is 6. The molecule has 1 aliphatic heterocycles. The van der Waals surface area contributed by atoms with Crippen molar-refractivity contribution in [3.05, 3.63) is 47.3 Å². The quantitative estimate of drug-likeness (QED) is 0.753. The van der Waals surface area contributed by atoms with Gasteiger partial charge in [-0.05, 0) is 38.6 Å². The number of hydrogen-bond donors (Lipinski definition) is 1. The topological polar surface area (TPSA) is 76.5 Å². The van der Waals surface area contributed by atoms with E-state index in [4.69, 9.17) is 4.42 Å². The normalized spacial score (nSPS) is 16.9. The van der Waals surface area contributed by atoms with Crippen molar-refractivity contribution < 1.29 is 9.52 Å². The Balaban J connectivity index is 2.03. The van der Waals surface area contributed by atoms with E-state index in [2.05, 4.69) is 47.1 Å². The average molecular weight is 376 g/mol. The Bertz CT molecular complexity index is 1050. The molecule has 0 spiro atoms. The molecule has 1 saturated heterocycles. The first-order chi connectivity index (χ1) is 13.5. The first-order valence-electron chi connectivity index (χ1n) is 9.48. The number of rotatable bonds is 4. The van der Waals surface area contributed by atoms with E-state index in [9.17, 15) is 10.4 Å². The average Bonchev–Trinajstić information content (AvgIpc) is 3.35. The predicted octanol–water partition coefficient (Wildman–Crippen LogP) is 3.31. The summed E-state index contributed by atoms with van der Waals surface area (Å²) in [5.74, 6) is 0.237. The summed E-state index contributed by atoms with van der Waals surface area (Å²) in [5, 5.41) is 19.4. The van der Waals surface area contributed by atoms with Gasteiger partial charge in [-0.3, -0.25) is 0 Å². The fourth-order valence-electron chi connectivity index (χ4n) is 4.12. The number of nitrogens with zero attached hydrogens (tertiary/aromatic N) is 4. The van der Waals surface area contributed by atoms with Gasteiger partial charge in [-0.25, -0.2) is 4.98 Å². The standard InChI is InChI=1S/C22H24N4O2/c1-14-17(11-23)20-22(28-18(13-27)24-20)21(19(14)15-7-5-4-6-8-15)26-10-9-16(12-26)25(2)3/h4-8,16,27H,9-10,12-13H2,1-3H3/t16-/m0/s1. The Morgan fingerprint density at radius 2 is 2.07 bits per heavy atom. The van der Waals surface area contributed by atoms with E-state index in [0.29, 0.717) is 22.7 Å². The van der Waals surface area contributed by atoms with Gasteiger partial charge >= 0.3 is 0 Å². The Hall–Kier alpha value is -2.88. The van der Waals surface area contributed by atoms with Gasteiger partial charge in [0.2, 0.25) is 5.89 Å². The van der Waals surface area contributed by atoms with Crippen molar-refractivity contribution in [2.45, 2.75) is 26.0 Å². The van der Waals surface area contributed by atoms with Gasteiger partial charge in [0.25, 0.3) is 0 Å². The molecule has 0 radical (unpaired) electrons. The molecule has 1 atom stereocenters. The summed E-state index contributed by atoms with van der Waals surface area (Å²) in [5.41, 5.74) is 5.53. The number of benzene rings is 2. The van der Waals surface area contributed by atoms with E-state index >= 15 is 0 Å². The third-order valence-corrected chi connectivity index (χ3v) is 5.63. The lowest BCUT2D eigenvalue weighted by Crippen LogP contribution is -2.31. The van der Waals surface area contributed by atoms with Crippen LogP contribution >= 0.6 is 0 Å². The number of likely N-dealkylation sites (N-methyl/N-ethyl adjacent to an activating group) is 1. The highest BCUT2D eigenvalue weighted by Gasteiger charge is 2.31. The Labute approximate surface area is 164 Å². The lowest BCUT2D eigenvalue weighted by molar-refractivity contribution is 0.244. The van der Waals surface area contributed by atoms with Gasteiger partial charge < -0.3 is 19.3 Å². The van der Waals surface area contributed by atoms with Crippen LogP contribution in [0.15, 0.2) is 34.7 Å². The summed E-state index contributed by atoms with van der Waals surface area (Å²) in [4.78, 5) is 8.98. The van der Waals surface area contributed by atoms with E-state index in [1.54, 1.807) is 0 Å². The molecule has 1 fully saturated rings. The van der Waals surface area contributed by atoms with E-state index in [1.807, 2.05) is 25.1 Å². The van der Waals surface area contributed by atoms with Crippen LogP contribution in [0.5, 0.6) is 0 Å². The SMILES string of the molecule is Cc1c(-c2ccccc2)c(N2CC[C@H](N(C)C)C2)c2oc(CO)nc2c1C#N. The molecule has 0 bridgehead atoms. The highest BCUT2D eigenvalue weighted by atomic mass is 16.4. The van der Waals surface area contributed by atoms with Crippen LogP contribution in [0.1, 0.15) is 23.4 Å². The predicted molar refractivity (Wildman–Crippen MR) is 109 cm³/mol. The third-order valence-electron chi connectivity index (χ3n) is 5.63. The number of anilines is 1. The Morgan fingerprint density at radius 3 is 2.68 bits per heavy atom. The second-order valence-electron chi connectivity index (χ2n) is 7.50. The molecule has 2 aromatic carbocycles. The molecule has 1 aliphatic rings. The Kier molecular flexibility index (Phi) is 4.80. The smallest absolute Gasteiger partial charge is 0.221 e. The summed E-state index contributed by atoms with van der Waals surface area (Å²) in [6, 6.07) is 12.9. The number of fused-ring (bicyclic) bond motifs is 1. The molecule has 28 heavy (non-hydrogen) atoms. The van der Waals surface area contributed by atoms with Crippen molar-refractivity contribution in [1.29, 1.82) is 5.26 Å². The van der Waals surface area contributed by atoms with Crippen LogP contribution in [-0.2, 0) is 6.61 Å². The molecule has 4 rings (SSSR count). The molecular formula is C22H24N4O2. The van der Waals surface area contributed by atoms with Crippen LogP contribution in [0.4, 0.5) is 5.69 Å². The molecule has 6 heteroatoms. The van der Waals surface area contributed by atoms with Gasteiger partial charge in [0.1, 0.15) is 18.2 Å². The number of aromatic nitrogens is 1. The van der Waals surface area contributed by atoms with Crippen molar-refractivity contribution in [3.63, 3.8) is 0 Å². The van der Waals surface area contributed by atoms with Gasteiger partial charge in [0.05, 0.1) is 11.3 Å². The first kappa shape index (κ1) is 18.5. The zero-order valence-corrected chi connectivity index (χ0v) is 16.4. The van der Waals surface area contributed by atoms with Crippen LogP contribution in [0, 0.1) is 18.3 Å². The second-order valence-corrected chi connectivity index (χ2v) is 7.50. The van der Waals surface area contributed by atoms with Gasteiger partial charge in [-0.2, -0.15) is 5.26 Å². The molecule has 6 nitrogen and oxygen atoms in total. The van der Waals surface area contributed by atoms with Crippen molar-refractivity contribution in [1.82, 2.24) is 9.88 Å². The minimum atomic E-state index is -0.293. The summed E-state index contributed by atoms with van der Waals surface area (Å²) in [6.07, 6.45) is 1.06. The molecule has 3 aromatic rings. The van der Waals surface area contributed by atoms with Crippen LogP contribution in [-0.4, -0.2) is 48.2 Å². The third kappa shape index (κ3) is 2.93. The van der Waals surface area contributed by atoms with Crippen molar-refractivity contribution in [3.8, 4) is 17.2 Å². The van der Waals surface area contributed by atoms with Crippen LogP contribution in [0.25, 0.3) is 22.2 Å². The lowest BCUT2D eigenvalue weighted by Gasteiger charge is -2.25. The minimum Gasteiger partial charge on any atom is -0.436 e. The zero-order valence-electron chi connectivity index (χ0n) is 16.4. The fourth-order valence-corrected chi connectivity index (χ4v) is 4.12.